The third-order valence-electron chi connectivity index (χ3n) is 5.10. The van der Waals surface area contributed by atoms with Crippen LogP contribution in [-0.2, 0) is 16.6 Å². The molecule has 1 aliphatic rings. The van der Waals surface area contributed by atoms with Gasteiger partial charge < -0.3 is 10.2 Å². The van der Waals surface area contributed by atoms with E-state index in [9.17, 15) is 8.42 Å². The van der Waals surface area contributed by atoms with Gasteiger partial charge in [-0.15, -0.1) is 24.0 Å². The molecule has 1 aromatic carbocycles. The van der Waals surface area contributed by atoms with E-state index in [1.807, 2.05) is 19.2 Å². The number of halogens is 1. The summed E-state index contributed by atoms with van der Waals surface area (Å²) in [5, 5.41) is 3.42. The predicted octanol–water partition coefficient (Wildman–Crippen LogP) is 3.19. The molecule has 1 saturated heterocycles. The number of guanidine groups is 1. The van der Waals surface area contributed by atoms with Gasteiger partial charge in [-0.25, -0.2) is 13.1 Å². The van der Waals surface area contributed by atoms with Crippen molar-refractivity contribution in [1.82, 2.24) is 14.9 Å². The highest BCUT2D eigenvalue weighted by atomic mass is 127. The molecule has 0 saturated carbocycles. The lowest BCUT2D eigenvalue weighted by atomic mass is 9.78. The fraction of sp³-hybridized carbons (Fsp3) is 0.632. The maximum Gasteiger partial charge on any atom is 0.240 e. The van der Waals surface area contributed by atoms with Crippen molar-refractivity contribution >= 4 is 40.0 Å². The van der Waals surface area contributed by atoms with Crippen molar-refractivity contribution < 1.29 is 8.42 Å². The average molecular weight is 508 g/mol. The molecule has 1 heterocycles. The molecule has 0 aromatic heterocycles. The number of piperidine rings is 1. The number of nitrogens with one attached hydrogen (secondary N) is 2. The van der Waals surface area contributed by atoms with Crippen LogP contribution in [-0.4, -0.2) is 46.5 Å². The van der Waals surface area contributed by atoms with Crippen LogP contribution in [0.4, 0.5) is 0 Å². The van der Waals surface area contributed by atoms with Crippen LogP contribution >= 0.6 is 24.0 Å². The van der Waals surface area contributed by atoms with E-state index in [1.165, 1.54) is 32.7 Å². The molecule has 1 aliphatic heterocycles. The van der Waals surface area contributed by atoms with Crippen molar-refractivity contribution in [2.24, 2.45) is 10.4 Å². The fourth-order valence-electron chi connectivity index (χ4n) is 3.72. The number of hydrogen-bond donors (Lipinski definition) is 2. The molecule has 0 amide bonds. The number of likely N-dealkylation sites (tertiary alicyclic amines) is 1. The van der Waals surface area contributed by atoms with Gasteiger partial charge in [-0.2, -0.15) is 0 Å². The summed E-state index contributed by atoms with van der Waals surface area (Å²) < 4.78 is 25.9. The van der Waals surface area contributed by atoms with Crippen LogP contribution in [0.15, 0.2) is 34.2 Å². The van der Waals surface area contributed by atoms with E-state index < -0.39 is 10.0 Å². The van der Waals surface area contributed by atoms with Gasteiger partial charge in [0.15, 0.2) is 5.96 Å². The Morgan fingerprint density at radius 3 is 2.52 bits per heavy atom. The smallest absolute Gasteiger partial charge is 0.240 e. The Kier molecular flexibility index (Phi) is 9.50. The Morgan fingerprint density at radius 1 is 1.30 bits per heavy atom. The summed E-state index contributed by atoms with van der Waals surface area (Å²) in [5.41, 5.74) is 1.38. The number of benzene rings is 1. The van der Waals surface area contributed by atoms with Crippen molar-refractivity contribution in [2.75, 3.05) is 27.2 Å². The first-order chi connectivity index (χ1) is 12.3. The molecule has 2 N–H and O–H groups in total. The van der Waals surface area contributed by atoms with E-state index in [-0.39, 0.29) is 28.9 Å². The molecule has 1 fully saturated rings. The fourth-order valence-corrected chi connectivity index (χ4v) is 4.45. The lowest BCUT2D eigenvalue weighted by Crippen LogP contribution is -2.49. The number of sulfonamides is 1. The first-order valence-electron chi connectivity index (χ1n) is 9.31. The minimum Gasteiger partial charge on any atom is -0.352 e. The molecule has 0 radical (unpaired) electrons. The zero-order chi connectivity index (χ0) is 19.2. The second-order valence-corrected chi connectivity index (χ2v) is 9.22. The van der Waals surface area contributed by atoms with Gasteiger partial charge in [0.2, 0.25) is 10.0 Å². The molecule has 1 aromatic rings. The standard InChI is InChI=1S/C19H32N4O2S.HI/c1-5-11-19(2)12-6-13-23(15-19)18(20-3)22-14-16-7-9-17(10-8-16)26(24,25)21-4;/h7-10,21H,5-6,11-15H2,1-4H3,(H,20,22);1H. The molecule has 1 unspecified atom stereocenters. The van der Waals surface area contributed by atoms with Gasteiger partial charge in [0.1, 0.15) is 0 Å². The second-order valence-electron chi connectivity index (χ2n) is 7.34. The molecule has 6 nitrogen and oxygen atoms in total. The largest absolute Gasteiger partial charge is 0.352 e. The Bertz CT molecular complexity index is 718. The quantitative estimate of drug-likeness (QED) is 0.352. The highest BCUT2D eigenvalue weighted by Crippen LogP contribution is 2.33. The molecule has 0 spiro atoms. The van der Waals surface area contributed by atoms with E-state index in [1.54, 1.807) is 12.1 Å². The summed E-state index contributed by atoms with van der Waals surface area (Å²) in [6, 6.07) is 6.93. The second kappa shape index (κ2) is 10.6. The Hall–Kier alpha value is -0.870. The monoisotopic (exact) mass is 508 g/mol. The maximum atomic E-state index is 11.8. The van der Waals surface area contributed by atoms with E-state index in [0.29, 0.717) is 12.0 Å². The highest BCUT2D eigenvalue weighted by molar-refractivity contribution is 14.0. The number of aliphatic imine (C=N–C) groups is 1. The summed E-state index contributed by atoms with van der Waals surface area (Å²) in [6.07, 6.45) is 4.91. The first kappa shape index (κ1) is 24.2. The van der Waals surface area contributed by atoms with E-state index in [4.69, 9.17) is 0 Å². The molecule has 0 bridgehead atoms. The summed E-state index contributed by atoms with van der Waals surface area (Å²) in [5.74, 6) is 0.916. The molecule has 27 heavy (non-hydrogen) atoms. The van der Waals surface area contributed by atoms with Gasteiger partial charge in [0.25, 0.3) is 0 Å². The van der Waals surface area contributed by atoms with Crippen LogP contribution in [0.1, 0.15) is 45.1 Å². The first-order valence-corrected chi connectivity index (χ1v) is 10.8. The van der Waals surface area contributed by atoms with Crippen molar-refractivity contribution in [2.45, 2.75) is 51.0 Å². The molecule has 0 aliphatic carbocycles. The summed E-state index contributed by atoms with van der Waals surface area (Å²) in [6.45, 7) is 7.29. The van der Waals surface area contributed by atoms with E-state index >= 15 is 0 Å². The van der Waals surface area contributed by atoms with Crippen LogP contribution in [0.3, 0.4) is 0 Å². The highest BCUT2D eigenvalue weighted by Gasteiger charge is 2.31. The maximum absolute atomic E-state index is 11.8. The van der Waals surface area contributed by atoms with Crippen LogP contribution in [0.2, 0.25) is 0 Å². The van der Waals surface area contributed by atoms with Gasteiger partial charge in [-0.1, -0.05) is 32.4 Å². The van der Waals surface area contributed by atoms with E-state index in [0.717, 1.165) is 24.6 Å². The summed E-state index contributed by atoms with van der Waals surface area (Å²) in [7, 11) is -0.156. The number of hydrogen-bond acceptors (Lipinski definition) is 3. The van der Waals surface area contributed by atoms with Crippen LogP contribution in [0.25, 0.3) is 0 Å². The summed E-state index contributed by atoms with van der Waals surface area (Å²) in [4.78, 5) is 7.07. The van der Waals surface area contributed by atoms with Crippen LogP contribution < -0.4 is 10.0 Å². The van der Waals surface area contributed by atoms with Gasteiger partial charge in [-0.05, 0) is 49.4 Å². The third kappa shape index (κ3) is 6.60. The topological polar surface area (TPSA) is 73.8 Å². The molecular formula is C19H33IN4O2S. The van der Waals surface area contributed by atoms with Crippen molar-refractivity contribution in [3.05, 3.63) is 29.8 Å². The molecule has 2 rings (SSSR count). The summed E-state index contributed by atoms with van der Waals surface area (Å²) >= 11 is 0. The SMILES string of the molecule is CCCC1(C)CCCN(C(=NC)NCc2ccc(S(=O)(=O)NC)cc2)C1.I. The Balaban J connectivity index is 0.00000364. The Morgan fingerprint density at radius 2 is 1.96 bits per heavy atom. The zero-order valence-electron chi connectivity index (χ0n) is 16.8. The van der Waals surface area contributed by atoms with Crippen LogP contribution in [0.5, 0.6) is 0 Å². The van der Waals surface area contributed by atoms with Gasteiger partial charge in [-0.3, -0.25) is 4.99 Å². The minimum atomic E-state index is -3.39. The van der Waals surface area contributed by atoms with Crippen molar-refractivity contribution in [1.29, 1.82) is 0 Å². The molecule has 1 atom stereocenters. The third-order valence-corrected chi connectivity index (χ3v) is 6.53. The normalized spacial score (nSPS) is 20.9. The average Bonchev–Trinajstić information content (AvgIpc) is 2.62. The van der Waals surface area contributed by atoms with Crippen molar-refractivity contribution in [3.63, 3.8) is 0 Å². The van der Waals surface area contributed by atoms with Crippen molar-refractivity contribution in [3.8, 4) is 0 Å². The van der Waals surface area contributed by atoms with Crippen LogP contribution in [0, 0.1) is 5.41 Å². The number of nitrogens with zero attached hydrogens (tertiary/aromatic N) is 2. The van der Waals surface area contributed by atoms with Gasteiger partial charge in [0.05, 0.1) is 4.90 Å². The molecule has 154 valence electrons. The lowest BCUT2D eigenvalue weighted by molar-refractivity contribution is 0.142. The van der Waals surface area contributed by atoms with E-state index in [2.05, 4.69) is 33.8 Å². The molecular weight excluding hydrogens is 475 g/mol. The minimum absolute atomic E-state index is 0. The Labute approximate surface area is 181 Å². The lowest BCUT2D eigenvalue weighted by Gasteiger charge is -2.42. The predicted molar refractivity (Wildman–Crippen MR) is 122 cm³/mol. The zero-order valence-corrected chi connectivity index (χ0v) is 19.9. The van der Waals surface area contributed by atoms with Gasteiger partial charge in [0, 0.05) is 26.7 Å². The number of rotatable bonds is 6. The molecule has 8 heteroatoms. The van der Waals surface area contributed by atoms with Gasteiger partial charge >= 0.3 is 0 Å².